The van der Waals surface area contributed by atoms with Crippen LogP contribution in [0.5, 0.6) is 0 Å². The molecule has 0 unspecified atom stereocenters. The van der Waals surface area contributed by atoms with Gasteiger partial charge >= 0.3 is 0 Å². The fraction of sp³-hybridized carbons (Fsp3) is 0.194. The van der Waals surface area contributed by atoms with Crippen molar-refractivity contribution in [2.45, 2.75) is 25.7 Å². The molecule has 0 N–H and O–H groups in total. The maximum absolute atomic E-state index is 13.7. The Morgan fingerprint density at radius 3 is 1.67 bits per heavy atom. The van der Waals surface area contributed by atoms with Crippen LogP contribution < -0.4 is 0 Å². The van der Waals surface area contributed by atoms with Crippen LogP contribution in [0.1, 0.15) is 51.0 Å². The zero-order valence-corrected chi connectivity index (χ0v) is 20.1. The molecule has 5 heteroatoms. The third kappa shape index (κ3) is 2.74. The van der Waals surface area contributed by atoms with E-state index >= 15 is 0 Å². The van der Waals surface area contributed by atoms with Gasteiger partial charge in [0, 0.05) is 34.5 Å². The Morgan fingerprint density at radius 1 is 0.694 bits per heavy atom. The zero-order valence-electron chi connectivity index (χ0n) is 20.1. The smallest absolute Gasteiger partial charge is 0.254 e. The Kier molecular flexibility index (Phi) is 4.46. The molecule has 2 atom stereocenters. The third-order valence-electron chi connectivity index (χ3n) is 8.22. The summed E-state index contributed by atoms with van der Waals surface area (Å²) in [5, 5.41) is 5.65. The van der Waals surface area contributed by atoms with Crippen LogP contribution in [0.15, 0.2) is 90.0 Å². The van der Waals surface area contributed by atoms with Crippen molar-refractivity contribution in [3.63, 3.8) is 0 Å². The number of hydrazone groups is 1. The molecule has 0 saturated carbocycles. The number of hydrogen-bond donors (Lipinski definition) is 0. The van der Waals surface area contributed by atoms with Crippen LogP contribution in [0.25, 0.3) is 5.69 Å². The fourth-order valence-corrected chi connectivity index (χ4v) is 6.79. The van der Waals surface area contributed by atoms with Gasteiger partial charge in [-0.15, -0.1) is 0 Å². The maximum Gasteiger partial charge on any atom is 0.254 e. The zero-order chi connectivity index (χ0) is 24.6. The highest BCUT2D eigenvalue weighted by molar-refractivity contribution is 6.08. The van der Waals surface area contributed by atoms with E-state index in [1.807, 2.05) is 62.4 Å². The molecule has 1 saturated heterocycles. The van der Waals surface area contributed by atoms with Crippen molar-refractivity contribution < 1.29 is 9.59 Å². The highest BCUT2D eigenvalue weighted by atomic mass is 16.2. The maximum atomic E-state index is 13.7. The average Bonchev–Trinajstić information content (AvgIpc) is 3.34. The molecule has 0 radical (unpaired) electrons. The molecule has 2 heterocycles. The van der Waals surface area contributed by atoms with Gasteiger partial charge in [0.05, 0.1) is 18.1 Å². The van der Waals surface area contributed by atoms with Crippen molar-refractivity contribution in [2.75, 3.05) is 0 Å². The second-order valence-electron chi connectivity index (χ2n) is 10.00. The van der Waals surface area contributed by atoms with E-state index in [9.17, 15) is 9.59 Å². The van der Waals surface area contributed by atoms with Crippen molar-refractivity contribution in [2.24, 2.45) is 16.9 Å². The van der Waals surface area contributed by atoms with Crippen molar-refractivity contribution in [1.29, 1.82) is 0 Å². The number of rotatable bonds is 3. The van der Waals surface area contributed by atoms with Crippen molar-refractivity contribution >= 4 is 18.0 Å². The third-order valence-corrected chi connectivity index (χ3v) is 8.22. The van der Waals surface area contributed by atoms with Gasteiger partial charge in [-0.1, -0.05) is 66.7 Å². The second kappa shape index (κ2) is 7.62. The van der Waals surface area contributed by atoms with Gasteiger partial charge < -0.3 is 4.57 Å². The van der Waals surface area contributed by atoms with E-state index in [1.54, 1.807) is 6.21 Å². The van der Waals surface area contributed by atoms with Crippen LogP contribution in [0.2, 0.25) is 0 Å². The predicted molar refractivity (Wildman–Crippen MR) is 138 cm³/mol. The van der Waals surface area contributed by atoms with Gasteiger partial charge in [-0.2, -0.15) is 10.1 Å². The Bertz CT molecular complexity index is 1470. The summed E-state index contributed by atoms with van der Waals surface area (Å²) >= 11 is 0. The molecule has 3 aromatic carbocycles. The van der Waals surface area contributed by atoms with E-state index in [1.165, 1.54) is 22.3 Å². The van der Waals surface area contributed by atoms with Crippen LogP contribution in [0.4, 0.5) is 0 Å². The van der Waals surface area contributed by atoms with Gasteiger partial charge in [-0.25, -0.2) is 0 Å². The van der Waals surface area contributed by atoms with Crippen molar-refractivity contribution in [3.05, 3.63) is 124 Å². The number of para-hydroxylation sites is 1. The Morgan fingerprint density at radius 2 is 1.17 bits per heavy atom. The Hall–Kier alpha value is -4.25. The molecule has 4 aliphatic rings. The lowest BCUT2D eigenvalue weighted by Gasteiger charge is -2.45. The molecule has 176 valence electrons. The SMILES string of the molecule is Cc1cc(/C=N\N2C(=O)[C@@H]3C4c5ccccc5C(c5ccccc54)[C@@H]3C2=O)c(C)n1-c1ccccc1. The molecule has 4 aromatic rings. The lowest BCUT2D eigenvalue weighted by Crippen LogP contribution is -2.41. The summed E-state index contributed by atoms with van der Waals surface area (Å²) in [6.45, 7) is 4.08. The topological polar surface area (TPSA) is 54.7 Å². The summed E-state index contributed by atoms with van der Waals surface area (Å²) in [6, 6.07) is 28.7. The highest BCUT2D eigenvalue weighted by Gasteiger charge is 2.61. The van der Waals surface area contributed by atoms with Crippen molar-refractivity contribution in [1.82, 2.24) is 9.58 Å². The summed E-state index contributed by atoms with van der Waals surface area (Å²) in [5.41, 5.74) is 8.71. The van der Waals surface area contributed by atoms with E-state index in [2.05, 4.69) is 46.1 Å². The van der Waals surface area contributed by atoms with E-state index in [0.29, 0.717) is 0 Å². The number of carbonyl (C=O) groups is 2. The molecule has 0 spiro atoms. The number of benzene rings is 3. The Labute approximate surface area is 209 Å². The minimum Gasteiger partial charge on any atom is -0.318 e. The standard InChI is InChI=1S/C31H25N3O2/c1-18-16-20(19(2)33(18)21-10-4-3-5-11-21)17-32-34-30(35)28-26-22-12-6-7-13-23(22)27(29(28)31(34)36)25-15-9-8-14-24(25)26/h3-17,26-29H,1-2H3/b32-17-/t26?,27?,28-,29+. The van der Waals surface area contributed by atoms with Crippen LogP contribution in [-0.2, 0) is 9.59 Å². The van der Waals surface area contributed by atoms with Crippen LogP contribution in [0.3, 0.4) is 0 Å². The lowest BCUT2D eigenvalue weighted by molar-refractivity contribution is -0.139. The summed E-state index contributed by atoms with van der Waals surface area (Å²) in [4.78, 5) is 27.5. The normalized spacial score (nSPS) is 23.8. The lowest BCUT2D eigenvalue weighted by atomic mass is 9.55. The van der Waals surface area contributed by atoms with Gasteiger partial charge in [0.2, 0.25) is 0 Å². The molecular weight excluding hydrogens is 446 g/mol. The van der Waals surface area contributed by atoms with E-state index in [-0.39, 0.29) is 23.7 Å². The minimum absolute atomic E-state index is 0.118. The number of aryl methyl sites for hydroxylation is 1. The first kappa shape index (κ1) is 21.1. The monoisotopic (exact) mass is 471 g/mol. The molecule has 1 fully saturated rings. The number of hydrogen-bond acceptors (Lipinski definition) is 3. The number of imide groups is 1. The molecule has 1 aromatic heterocycles. The van der Waals surface area contributed by atoms with Gasteiger partial charge in [-0.05, 0) is 54.3 Å². The van der Waals surface area contributed by atoms with Crippen LogP contribution in [0, 0.1) is 25.7 Å². The summed E-state index contributed by atoms with van der Waals surface area (Å²) in [6.07, 6.45) is 1.66. The molecule has 2 amide bonds. The predicted octanol–water partition coefficient (Wildman–Crippen LogP) is 5.32. The van der Waals surface area contributed by atoms with Gasteiger partial charge in [0.15, 0.2) is 0 Å². The molecule has 2 bridgehead atoms. The fourth-order valence-electron chi connectivity index (χ4n) is 6.79. The molecule has 8 rings (SSSR count). The average molecular weight is 472 g/mol. The minimum atomic E-state index is -0.416. The highest BCUT2D eigenvalue weighted by Crippen LogP contribution is 2.60. The van der Waals surface area contributed by atoms with E-state index in [4.69, 9.17) is 0 Å². The molecular formula is C31H25N3O2. The molecule has 3 aliphatic carbocycles. The van der Waals surface area contributed by atoms with Crippen molar-refractivity contribution in [3.8, 4) is 5.69 Å². The second-order valence-corrected chi connectivity index (χ2v) is 10.00. The molecule has 1 aliphatic heterocycles. The summed E-state index contributed by atoms with van der Waals surface area (Å²) < 4.78 is 2.16. The van der Waals surface area contributed by atoms with Gasteiger partial charge in [0.25, 0.3) is 11.8 Å². The summed E-state index contributed by atoms with van der Waals surface area (Å²) in [5.74, 6) is -1.46. The number of aromatic nitrogens is 1. The first-order valence-electron chi connectivity index (χ1n) is 12.4. The first-order valence-corrected chi connectivity index (χ1v) is 12.4. The first-order chi connectivity index (χ1) is 17.6. The molecule has 5 nitrogen and oxygen atoms in total. The molecule has 36 heavy (non-hydrogen) atoms. The number of nitrogens with zero attached hydrogens (tertiary/aromatic N) is 3. The summed E-state index contributed by atoms with van der Waals surface area (Å²) in [7, 11) is 0. The van der Waals surface area contributed by atoms with Gasteiger partial charge in [-0.3, -0.25) is 9.59 Å². The van der Waals surface area contributed by atoms with E-state index in [0.717, 1.165) is 27.6 Å². The number of carbonyl (C=O) groups excluding carboxylic acids is 2. The number of amides is 2. The van der Waals surface area contributed by atoms with Gasteiger partial charge in [0.1, 0.15) is 0 Å². The van der Waals surface area contributed by atoms with Crippen LogP contribution in [-0.4, -0.2) is 27.6 Å². The quantitative estimate of drug-likeness (QED) is 0.300. The Balaban J connectivity index is 1.28. The largest absolute Gasteiger partial charge is 0.318 e. The van der Waals surface area contributed by atoms with E-state index < -0.39 is 11.8 Å². The van der Waals surface area contributed by atoms with Crippen LogP contribution >= 0.6 is 0 Å².